The predicted octanol–water partition coefficient (Wildman–Crippen LogP) is 3.06. The second-order valence-electron chi connectivity index (χ2n) is 9.33. The number of anilines is 2. The molecule has 0 saturated carbocycles. The highest BCUT2D eigenvalue weighted by Gasteiger charge is 2.17. The Morgan fingerprint density at radius 1 is 0.944 bits per heavy atom. The standard InChI is InChI=1S/C27H31N5O4/c1-18-13-25(32-11-9-31(2)10-12-32)30-22-5-4-20(15-21(18)22)29-27(34)8-7-26(33)28-16-19-3-6-23-24(14-19)36-17-35-23/h3-6,13-15H,7-12,16-17H2,1-2H3,(H,28,33)(H,29,34). The number of hydrogen-bond acceptors (Lipinski definition) is 7. The Morgan fingerprint density at radius 3 is 2.56 bits per heavy atom. The van der Waals surface area contributed by atoms with Crippen molar-refractivity contribution in [3.05, 3.63) is 53.6 Å². The fourth-order valence-electron chi connectivity index (χ4n) is 4.44. The van der Waals surface area contributed by atoms with Crippen molar-refractivity contribution in [1.29, 1.82) is 0 Å². The molecule has 2 aliphatic rings. The van der Waals surface area contributed by atoms with Gasteiger partial charge in [0.2, 0.25) is 18.6 Å². The first-order valence-corrected chi connectivity index (χ1v) is 12.2. The fourth-order valence-corrected chi connectivity index (χ4v) is 4.44. The van der Waals surface area contributed by atoms with Gasteiger partial charge in [0.15, 0.2) is 11.5 Å². The number of ether oxygens (including phenoxy) is 2. The van der Waals surface area contributed by atoms with Gasteiger partial charge in [-0.25, -0.2) is 4.98 Å². The van der Waals surface area contributed by atoms with Crippen molar-refractivity contribution in [2.45, 2.75) is 26.3 Å². The number of amides is 2. The minimum absolute atomic E-state index is 0.102. The number of hydrogen-bond donors (Lipinski definition) is 2. The third-order valence-corrected chi connectivity index (χ3v) is 6.62. The summed E-state index contributed by atoms with van der Waals surface area (Å²) in [5.41, 5.74) is 3.64. The summed E-state index contributed by atoms with van der Waals surface area (Å²) < 4.78 is 10.7. The summed E-state index contributed by atoms with van der Waals surface area (Å²) in [5, 5.41) is 6.76. The normalized spacial score (nSPS) is 15.2. The van der Waals surface area contributed by atoms with Gasteiger partial charge >= 0.3 is 0 Å². The molecule has 0 atom stereocenters. The quantitative estimate of drug-likeness (QED) is 0.527. The molecular formula is C27H31N5O4. The molecule has 36 heavy (non-hydrogen) atoms. The van der Waals surface area contributed by atoms with Crippen LogP contribution in [0.3, 0.4) is 0 Å². The molecule has 2 N–H and O–H groups in total. The number of pyridine rings is 1. The van der Waals surface area contributed by atoms with Gasteiger partial charge in [0, 0.05) is 56.6 Å². The van der Waals surface area contributed by atoms with Gasteiger partial charge in [-0.05, 0) is 61.5 Å². The summed E-state index contributed by atoms with van der Waals surface area (Å²) in [4.78, 5) is 34.2. The van der Waals surface area contributed by atoms with E-state index in [2.05, 4.69) is 40.5 Å². The highest BCUT2D eigenvalue weighted by Crippen LogP contribution is 2.32. The van der Waals surface area contributed by atoms with Crippen LogP contribution in [0.5, 0.6) is 11.5 Å². The number of nitrogens with zero attached hydrogens (tertiary/aromatic N) is 3. The summed E-state index contributed by atoms with van der Waals surface area (Å²) in [6.45, 7) is 6.63. The Kier molecular flexibility index (Phi) is 6.90. The molecule has 2 amide bonds. The SMILES string of the molecule is Cc1cc(N2CCN(C)CC2)nc2ccc(NC(=O)CCC(=O)NCc3ccc4c(c3)OCO4)cc12. The second kappa shape index (κ2) is 10.4. The van der Waals surface area contributed by atoms with E-state index >= 15 is 0 Å². The van der Waals surface area contributed by atoms with Gasteiger partial charge in [-0.2, -0.15) is 0 Å². The van der Waals surface area contributed by atoms with E-state index in [-0.39, 0.29) is 31.4 Å². The average Bonchev–Trinajstić information content (AvgIpc) is 3.35. The Bertz CT molecular complexity index is 1290. The van der Waals surface area contributed by atoms with Crippen LogP contribution in [0.2, 0.25) is 0 Å². The number of aryl methyl sites for hydroxylation is 1. The maximum Gasteiger partial charge on any atom is 0.231 e. The van der Waals surface area contributed by atoms with E-state index < -0.39 is 0 Å². The lowest BCUT2D eigenvalue weighted by Crippen LogP contribution is -2.44. The van der Waals surface area contributed by atoms with Crippen molar-refractivity contribution in [2.75, 3.05) is 50.2 Å². The van der Waals surface area contributed by atoms with Crippen molar-refractivity contribution in [3.8, 4) is 11.5 Å². The number of likely N-dealkylation sites (N-methyl/N-ethyl adjacent to an activating group) is 1. The highest BCUT2D eigenvalue weighted by molar-refractivity contribution is 5.96. The summed E-state index contributed by atoms with van der Waals surface area (Å²) in [6, 6.07) is 13.4. The van der Waals surface area contributed by atoms with Gasteiger partial charge in [-0.1, -0.05) is 6.07 Å². The van der Waals surface area contributed by atoms with Crippen molar-refractivity contribution in [2.24, 2.45) is 0 Å². The second-order valence-corrected chi connectivity index (χ2v) is 9.33. The lowest BCUT2D eigenvalue weighted by atomic mass is 10.1. The molecule has 3 heterocycles. The maximum absolute atomic E-state index is 12.5. The molecule has 2 aliphatic heterocycles. The zero-order chi connectivity index (χ0) is 25.1. The molecule has 0 radical (unpaired) electrons. The molecular weight excluding hydrogens is 458 g/mol. The number of aromatic nitrogens is 1. The number of benzene rings is 2. The van der Waals surface area contributed by atoms with Crippen LogP contribution in [0.4, 0.5) is 11.5 Å². The van der Waals surface area contributed by atoms with Crippen LogP contribution >= 0.6 is 0 Å². The molecule has 9 nitrogen and oxygen atoms in total. The van der Waals surface area contributed by atoms with Crippen molar-refractivity contribution in [3.63, 3.8) is 0 Å². The van der Waals surface area contributed by atoms with Gasteiger partial charge in [-0.15, -0.1) is 0 Å². The third kappa shape index (κ3) is 5.52. The van der Waals surface area contributed by atoms with Crippen molar-refractivity contribution >= 4 is 34.2 Å². The molecule has 0 unspecified atom stereocenters. The van der Waals surface area contributed by atoms with Crippen LogP contribution < -0.4 is 25.0 Å². The van der Waals surface area contributed by atoms with Gasteiger partial charge in [0.1, 0.15) is 5.82 Å². The molecule has 0 bridgehead atoms. The lowest BCUT2D eigenvalue weighted by Gasteiger charge is -2.33. The van der Waals surface area contributed by atoms with Crippen LogP contribution in [-0.4, -0.2) is 61.7 Å². The molecule has 0 aliphatic carbocycles. The number of nitrogens with one attached hydrogen (secondary N) is 2. The summed E-state index contributed by atoms with van der Waals surface area (Å²) >= 11 is 0. The lowest BCUT2D eigenvalue weighted by molar-refractivity contribution is -0.124. The molecule has 1 fully saturated rings. The predicted molar refractivity (Wildman–Crippen MR) is 138 cm³/mol. The number of piperazine rings is 1. The molecule has 3 aromatic rings. The first kappa shape index (κ1) is 23.9. The monoisotopic (exact) mass is 489 g/mol. The van der Waals surface area contributed by atoms with E-state index in [1.54, 1.807) is 0 Å². The Labute approximate surface area is 210 Å². The molecule has 1 aromatic heterocycles. The van der Waals surface area contributed by atoms with Crippen LogP contribution in [0.1, 0.15) is 24.0 Å². The van der Waals surface area contributed by atoms with Gasteiger partial charge in [0.05, 0.1) is 5.52 Å². The largest absolute Gasteiger partial charge is 0.454 e. The van der Waals surface area contributed by atoms with E-state index in [0.717, 1.165) is 54.0 Å². The minimum Gasteiger partial charge on any atom is -0.454 e. The van der Waals surface area contributed by atoms with Crippen LogP contribution in [0, 0.1) is 6.92 Å². The van der Waals surface area contributed by atoms with Crippen LogP contribution in [0.25, 0.3) is 10.9 Å². The Hall–Kier alpha value is -3.85. The Morgan fingerprint density at radius 2 is 1.72 bits per heavy atom. The number of rotatable bonds is 7. The van der Waals surface area contributed by atoms with E-state index in [1.807, 2.05) is 36.4 Å². The van der Waals surface area contributed by atoms with E-state index in [0.29, 0.717) is 23.7 Å². The molecule has 5 rings (SSSR count). The van der Waals surface area contributed by atoms with Crippen molar-refractivity contribution in [1.82, 2.24) is 15.2 Å². The first-order valence-electron chi connectivity index (χ1n) is 12.2. The number of carbonyl (C=O) groups is 2. The fraction of sp³-hybridized carbons (Fsp3) is 0.370. The van der Waals surface area contributed by atoms with E-state index in [9.17, 15) is 9.59 Å². The molecule has 9 heteroatoms. The zero-order valence-electron chi connectivity index (χ0n) is 20.7. The molecule has 1 saturated heterocycles. The third-order valence-electron chi connectivity index (χ3n) is 6.62. The molecule has 188 valence electrons. The smallest absolute Gasteiger partial charge is 0.231 e. The average molecular weight is 490 g/mol. The first-order chi connectivity index (χ1) is 17.4. The topological polar surface area (TPSA) is 96.0 Å². The number of fused-ring (bicyclic) bond motifs is 2. The highest BCUT2D eigenvalue weighted by atomic mass is 16.7. The summed E-state index contributed by atoms with van der Waals surface area (Å²) in [6.07, 6.45) is 0.212. The van der Waals surface area contributed by atoms with Gasteiger partial charge < -0.3 is 29.9 Å². The van der Waals surface area contributed by atoms with Gasteiger partial charge in [-0.3, -0.25) is 9.59 Å². The minimum atomic E-state index is -0.202. The van der Waals surface area contributed by atoms with Crippen LogP contribution in [-0.2, 0) is 16.1 Å². The maximum atomic E-state index is 12.5. The Balaban J connectivity index is 1.13. The zero-order valence-corrected chi connectivity index (χ0v) is 20.7. The van der Waals surface area contributed by atoms with Gasteiger partial charge in [0.25, 0.3) is 0 Å². The molecule has 0 spiro atoms. The van der Waals surface area contributed by atoms with E-state index in [4.69, 9.17) is 14.5 Å². The van der Waals surface area contributed by atoms with Crippen LogP contribution in [0.15, 0.2) is 42.5 Å². The van der Waals surface area contributed by atoms with Crippen molar-refractivity contribution < 1.29 is 19.1 Å². The number of carbonyl (C=O) groups excluding carboxylic acids is 2. The van der Waals surface area contributed by atoms with E-state index in [1.165, 1.54) is 0 Å². The summed E-state index contributed by atoms with van der Waals surface area (Å²) in [7, 11) is 2.14. The molecule has 2 aromatic carbocycles. The summed E-state index contributed by atoms with van der Waals surface area (Å²) in [5.74, 6) is 2.00.